The van der Waals surface area contributed by atoms with E-state index in [1.54, 1.807) is 44.8 Å². The quantitative estimate of drug-likeness (QED) is 0.641. The van der Waals surface area contributed by atoms with Crippen molar-refractivity contribution in [2.45, 2.75) is 18.8 Å². The van der Waals surface area contributed by atoms with Crippen molar-refractivity contribution in [2.75, 3.05) is 24.7 Å². The number of anilines is 3. The van der Waals surface area contributed by atoms with Crippen LogP contribution in [0.15, 0.2) is 43.2 Å². The molecule has 0 aliphatic heterocycles. The van der Waals surface area contributed by atoms with Gasteiger partial charge in [0.1, 0.15) is 6.33 Å². The van der Waals surface area contributed by atoms with Crippen LogP contribution in [-0.2, 0) is 0 Å². The van der Waals surface area contributed by atoms with Crippen LogP contribution in [0.1, 0.15) is 45.4 Å². The third kappa shape index (κ3) is 4.22. The number of pyridine rings is 1. The number of carbonyl (C=O) groups is 2. The molecule has 1 fully saturated rings. The van der Waals surface area contributed by atoms with Gasteiger partial charge in [-0.25, -0.2) is 24.9 Å². The van der Waals surface area contributed by atoms with Gasteiger partial charge in [0.15, 0.2) is 17.2 Å². The first-order chi connectivity index (χ1) is 14.5. The van der Waals surface area contributed by atoms with Crippen LogP contribution in [0.5, 0.6) is 0 Å². The highest BCUT2D eigenvalue weighted by molar-refractivity contribution is 6.09. The van der Waals surface area contributed by atoms with E-state index in [-0.39, 0.29) is 23.1 Å². The van der Waals surface area contributed by atoms with E-state index in [0.29, 0.717) is 17.3 Å². The fourth-order valence-electron chi connectivity index (χ4n) is 2.80. The Morgan fingerprint density at radius 2 is 1.83 bits per heavy atom. The van der Waals surface area contributed by atoms with E-state index in [2.05, 4.69) is 35.6 Å². The third-order valence-electron chi connectivity index (χ3n) is 4.49. The number of nitrogens with one attached hydrogen (secondary N) is 2. The number of hydrogen-bond acceptors (Lipinski definition) is 8. The first-order valence-corrected chi connectivity index (χ1v) is 9.40. The van der Waals surface area contributed by atoms with Crippen molar-refractivity contribution in [3.63, 3.8) is 0 Å². The summed E-state index contributed by atoms with van der Waals surface area (Å²) in [7, 11) is 3.24. The standard InChI is InChI=1S/C20H20N8O2/c1-28(2)20(30)16-14(4-3-7-23-16)27-19(29)17-18(25-13-8-21-11-22-9-13)24-10-15(26-17)12-5-6-12/h3-4,7-12H,5-6H2,1-2H3,(H,24,25)(H,27,29). The van der Waals surface area contributed by atoms with Gasteiger partial charge in [-0.1, -0.05) is 0 Å². The minimum atomic E-state index is -0.495. The lowest BCUT2D eigenvalue weighted by molar-refractivity contribution is 0.0823. The summed E-state index contributed by atoms with van der Waals surface area (Å²) in [5, 5.41) is 5.78. The van der Waals surface area contributed by atoms with Crippen molar-refractivity contribution in [2.24, 2.45) is 0 Å². The van der Waals surface area contributed by atoms with Gasteiger partial charge in [-0.2, -0.15) is 0 Å². The van der Waals surface area contributed by atoms with E-state index in [9.17, 15) is 9.59 Å². The summed E-state index contributed by atoms with van der Waals surface area (Å²) in [4.78, 5) is 47.9. The predicted octanol–water partition coefficient (Wildman–Crippen LogP) is 2.24. The summed E-state index contributed by atoms with van der Waals surface area (Å²) < 4.78 is 0. The molecule has 1 aliphatic rings. The maximum Gasteiger partial charge on any atom is 0.278 e. The largest absolute Gasteiger partial charge is 0.343 e. The molecule has 1 aliphatic carbocycles. The van der Waals surface area contributed by atoms with Crippen LogP contribution in [0.4, 0.5) is 17.2 Å². The fraction of sp³-hybridized carbons (Fsp3) is 0.250. The van der Waals surface area contributed by atoms with Gasteiger partial charge in [-0.05, 0) is 25.0 Å². The molecule has 3 aromatic heterocycles. The van der Waals surface area contributed by atoms with Crippen LogP contribution in [0.25, 0.3) is 0 Å². The lowest BCUT2D eigenvalue weighted by Crippen LogP contribution is -2.25. The van der Waals surface area contributed by atoms with E-state index in [1.807, 2.05) is 0 Å². The summed E-state index contributed by atoms with van der Waals surface area (Å²) in [6, 6.07) is 3.27. The molecule has 0 unspecified atom stereocenters. The molecule has 0 atom stereocenters. The highest BCUT2D eigenvalue weighted by atomic mass is 16.2. The Balaban J connectivity index is 1.66. The average molecular weight is 404 g/mol. The molecule has 152 valence electrons. The first kappa shape index (κ1) is 19.4. The Morgan fingerprint density at radius 3 is 2.53 bits per heavy atom. The second-order valence-corrected chi connectivity index (χ2v) is 7.07. The molecule has 0 spiro atoms. The van der Waals surface area contributed by atoms with Crippen LogP contribution in [0, 0.1) is 0 Å². The van der Waals surface area contributed by atoms with Crippen LogP contribution in [0.3, 0.4) is 0 Å². The Labute approximate surface area is 172 Å². The fourth-order valence-corrected chi connectivity index (χ4v) is 2.80. The van der Waals surface area contributed by atoms with E-state index in [1.165, 1.54) is 17.4 Å². The lowest BCUT2D eigenvalue weighted by atomic mass is 10.2. The van der Waals surface area contributed by atoms with Gasteiger partial charge in [-0.15, -0.1) is 0 Å². The van der Waals surface area contributed by atoms with Gasteiger partial charge in [0.2, 0.25) is 0 Å². The topological polar surface area (TPSA) is 126 Å². The van der Waals surface area contributed by atoms with Crippen LogP contribution in [0.2, 0.25) is 0 Å². The second kappa shape index (κ2) is 8.19. The summed E-state index contributed by atoms with van der Waals surface area (Å²) in [5.74, 6) is -0.216. The number of aromatic nitrogens is 5. The summed E-state index contributed by atoms with van der Waals surface area (Å²) >= 11 is 0. The molecule has 2 amide bonds. The second-order valence-electron chi connectivity index (χ2n) is 7.07. The molecule has 1 saturated carbocycles. The van der Waals surface area contributed by atoms with Gasteiger partial charge in [0.05, 0.1) is 35.7 Å². The minimum Gasteiger partial charge on any atom is -0.343 e. The van der Waals surface area contributed by atoms with Crippen LogP contribution >= 0.6 is 0 Å². The van der Waals surface area contributed by atoms with Gasteiger partial charge in [-0.3, -0.25) is 9.59 Å². The summed E-state index contributed by atoms with van der Waals surface area (Å²) in [6.45, 7) is 0. The van der Waals surface area contributed by atoms with Crippen LogP contribution in [-0.4, -0.2) is 55.7 Å². The van der Waals surface area contributed by atoms with E-state index >= 15 is 0 Å². The van der Waals surface area contributed by atoms with E-state index < -0.39 is 5.91 Å². The zero-order valence-corrected chi connectivity index (χ0v) is 16.5. The zero-order chi connectivity index (χ0) is 21.1. The molecule has 2 N–H and O–H groups in total. The molecule has 10 heteroatoms. The molecule has 0 bridgehead atoms. The maximum absolute atomic E-state index is 13.1. The van der Waals surface area contributed by atoms with E-state index in [0.717, 1.165) is 18.5 Å². The molecule has 4 rings (SSSR count). The molecule has 30 heavy (non-hydrogen) atoms. The van der Waals surface area contributed by atoms with Gasteiger partial charge in [0, 0.05) is 26.2 Å². The molecule has 0 saturated heterocycles. The zero-order valence-electron chi connectivity index (χ0n) is 16.5. The normalized spacial score (nSPS) is 12.9. The van der Waals surface area contributed by atoms with Crippen molar-refractivity contribution in [1.82, 2.24) is 29.8 Å². The molecule has 0 aromatic carbocycles. The molecular formula is C20H20N8O2. The Morgan fingerprint density at radius 1 is 1.07 bits per heavy atom. The summed E-state index contributed by atoms with van der Waals surface area (Å²) in [5.41, 5.74) is 1.91. The van der Waals surface area contributed by atoms with Crippen molar-refractivity contribution in [1.29, 1.82) is 0 Å². The number of carbonyl (C=O) groups excluding carboxylic acids is 2. The monoisotopic (exact) mass is 404 g/mol. The lowest BCUT2D eigenvalue weighted by Gasteiger charge is -2.15. The van der Waals surface area contributed by atoms with Crippen LogP contribution < -0.4 is 10.6 Å². The molecule has 0 radical (unpaired) electrons. The van der Waals surface area contributed by atoms with E-state index in [4.69, 9.17) is 0 Å². The van der Waals surface area contributed by atoms with Gasteiger partial charge < -0.3 is 15.5 Å². The van der Waals surface area contributed by atoms with Crippen molar-refractivity contribution < 1.29 is 9.59 Å². The third-order valence-corrected chi connectivity index (χ3v) is 4.49. The minimum absolute atomic E-state index is 0.121. The first-order valence-electron chi connectivity index (χ1n) is 9.40. The van der Waals surface area contributed by atoms with Crippen molar-refractivity contribution >= 4 is 29.0 Å². The highest BCUT2D eigenvalue weighted by Crippen LogP contribution is 2.39. The molecule has 3 heterocycles. The number of hydrogen-bond donors (Lipinski definition) is 2. The Kier molecular flexibility index (Phi) is 5.29. The number of nitrogens with zero attached hydrogens (tertiary/aromatic N) is 6. The molecule has 3 aromatic rings. The maximum atomic E-state index is 13.1. The number of rotatable bonds is 6. The molecular weight excluding hydrogens is 384 g/mol. The summed E-state index contributed by atoms with van der Waals surface area (Å²) in [6.07, 6.45) is 9.78. The Bertz CT molecular complexity index is 1080. The molecule has 10 nitrogen and oxygen atoms in total. The van der Waals surface area contributed by atoms with Crippen molar-refractivity contribution in [3.8, 4) is 0 Å². The van der Waals surface area contributed by atoms with Gasteiger partial charge >= 0.3 is 0 Å². The van der Waals surface area contributed by atoms with Gasteiger partial charge in [0.25, 0.3) is 11.8 Å². The number of amides is 2. The SMILES string of the molecule is CN(C)C(=O)c1ncccc1NC(=O)c1nc(C2CC2)cnc1Nc1cncnc1. The highest BCUT2D eigenvalue weighted by Gasteiger charge is 2.28. The van der Waals surface area contributed by atoms with Crippen molar-refractivity contribution in [3.05, 3.63) is 60.3 Å². The Hall–Kier alpha value is -3.95. The predicted molar refractivity (Wildman–Crippen MR) is 110 cm³/mol. The smallest absolute Gasteiger partial charge is 0.278 e. The average Bonchev–Trinajstić information content (AvgIpc) is 3.60.